The van der Waals surface area contributed by atoms with Crippen molar-refractivity contribution in [3.05, 3.63) is 72.3 Å². The third-order valence-electron chi connectivity index (χ3n) is 5.11. The Kier molecular flexibility index (Phi) is 6.02. The molecular weight excluding hydrogens is 404 g/mol. The lowest BCUT2D eigenvalue weighted by Gasteiger charge is -2.24. The molecule has 1 atom stereocenters. The smallest absolute Gasteiger partial charge is 0.387 e. The monoisotopic (exact) mass is 425 g/mol. The zero-order valence-corrected chi connectivity index (χ0v) is 16.8. The van der Waals surface area contributed by atoms with E-state index in [0.29, 0.717) is 29.0 Å². The first-order valence-corrected chi connectivity index (χ1v) is 9.78. The average molecular weight is 425 g/mol. The summed E-state index contributed by atoms with van der Waals surface area (Å²) in [6, 6.07) is 19.1. The minimum absolute atomic E-state index is 0.0214. The molecule has 3 aromatic rings. The molecule has 1 aliphatic rings. The van der Waals surface area contributed by atoms with Crippen molar-refractivity contribution in [3.8, 4) is 28.4 Å². The molecule has 0 bridgehead atoms. The number of methoxy groups -OCH3 is 1. The molecule has 5 nitrogen and oxygen atoms in total. The Morgan fingerprint density at radius 3 is 2.61 bits per heavy atom. The molecule has 0 fully saturated rings. The molecule has 0 spiro atoms. The van der Waals surface area contributed by atoms with Crippen molar-refractivity contribution in [2.24, 2.45) is 5.92 Å². The predicted octanol–water partition coefficient (Wildman–Crippen LogP) is 5.15. The molecule has 0 aromatic heterocycles. The number of hydrogen-bond donors (Lipinski definition) is 1. The summed E-state index contributed by atoms with van der Waals surface area (Å²) in [5, 5.41) is 2.87. The number of alkyl halides is 2. The first kappa shape index (κ1) is 20.7. The molecule has 4 rings (SSSR count). The lowest BCUT2D eigenvalue weighted by atomic mass is 9.96. The van der Waals surface area contributed by atoms with E-state index in [-0.39, 0.29) is 24.2 Å². The zero-order valence-electron chi connectivity index (χ0n) is 16.8. The SMILES string of the molecule is COc1ccc(-c2cc(NC(=O)C3COc4ccccc4C3)ccc2OC(F)F)cc1. The van der Waals surface area contributed by atoms with Crippen LogP contribution in [0.5, 0.6) is 17.2 Å². The van der Waals surface area contributed by atoms with Crippen LogP contribution in [0.15, 0.2) is 66.7 Å². The first-order valence-electron chi connectivity index (χ1n) is 9.78. The van der Waals surface area contributed by atoms with Gasteiger partial charge in [0.1, 0.15) is 23.9 Å². The van der Waals surface area contributed by atoms with Crippen LogP contribution in [0.25, 0.3) is 11.1 Å². The molecule has 0 saturated carbocycles. The molecule has 3 aromatic carbocycles. The van der Waals surface area contributed by atoms with E-state index >= 15 is 0 Å². The molecule has 0 saturated heterocycles. The number of fused-ring (bicyclic) bond motifs is 1. The van der Waals surface area contributed by atoms with Gasteiger partial charge < -0.3 is 19.5 Å². The molecule has 0 aliphatic carbocycles. The summed E-state index contributed by atoms with van der Waals surface area (Å²) >= 11 is 0. The van der Waals surface area contributed by atoms with E-state index in [0.717, 1.165) is 11.3 Å². The number of para-hydroxylation sites is 1. The normalized spacial score (nSPS) is 15.0. The Morgan fingerprint density at radius 1 is 1.10 bits per heavy atom. The van der Waals surface area contributed by atoms with Crippen LogP contribution in [-0.4, -0.2) is 26.2 Å². The van der Waals surface area contributed by atoms with Crippen LogP contribution >= 0.6 is 0 Å². The fourth-order valence-electron chi connectivity index (χ4n) is 3.54. The summed E-state index contributed by atoms with van der Waals surface area (Å²) in [4.78, 5) is 12.8. The van der Waals surface area contributed by atoms with Crippen molar-refractivity contribution in [3.63, 3.8) is 0 Å². The van der Waals surface area contributed by atoms with Crippen LogP contribution in [0.2, 0.25) is 0 Å². The Morgan fingerprint density at radius 2 is 1.87 bits per heavy atom. The Hall–Kier alpha value is -3.61. The summed E-state index contributed by atoms with van der Waals surface area (Å²) in [6.45, 7) is -2.68. The van der Waals surface area contributed by atoms with E-state index < -0.39 is 6.61 Å². The van der Waals surface area contributed by atoms with Gasteiger partial charge in [0.15, 0.2) is 0 Å². The van der Waals surface area contributed by atoms with Gasteiger partial charge in [-0.2, -0.15) is 8.78 Å². The van der Waals surface area contributed by atoms with E-state index in [1.165, 1.54) is 6.07 Å². The molecule has 1 unspecified atom stereocenters. The molecule has 7 heteroatoms. The molecule has 31 heavy (non-hydrogen) atoms. The van der Waals surface area contributed by atoms with E-state index in [1.54, 1.807) is 43.5 Å². The number of ether oxygens (including phenoxy) is 3. The maximum absolute atomic E-state index is 12.9. The molecule has 160 valence electrons. The van der Waals surface area contributed by atoms with Crippen molar-refractivity contribution in [1.29, 1.82) is 0 Å². The van der Waals surface area contributed by atoms with Crippen LogP contribution in [-0.2, 0) is 11.2 Å². The second-order valence-corrected chi connectivity index (χ2v) is 7.13. The van der Waals surface area contributed by atoms with Crippen molar-refractivity contribution < 1.29 is 27.8 Å². The fourth-order valence-corrected chi connectivity index (χ4v) is 3.54. The molecular formula is C24H21F2NO4. The van der Waals surface area contributed by atoms with Gasteiger partial charge in [-0.3, -0.25) is 4.79 Å². The van der Waals surface area contributed by atoms with Gasteiger partial charge in [-0.25, -0.2) is 0 Å². The van der Waals surface area contributed by atoms with Crippen LogP contribution in [0.3, 0.4) is 0 Å². The van der Waals surface area contributed by atoms with Gasteiger partial charge in [-0.05, 0) is 53.9 Å². The molecule has 1 heterocycles. The highest BCUT2D eigenvalue weighted by molar-refractivity contribution is 5.94. The highest BCUT2D eigenvalue weighted by Gasteiger charge is 2.26. The maximum Gasteiger partial charge on any atom is 0.387 e. The van der Waals surface area contributed by atoms with Gasteiger partial charge in [0.2, 0.25) is 5.91 Å². The Bertz CT molecular complexity index is 1070. The van der Waals surface area contributed by atoms with Crippen molar-refractivity contribution >= 4 is 11.6 Å². The van der Waals surface area contributed by atoms with E-state index in [1.807, 2.05) is 24.3 Å². The number of amides is 1. The number of rotatable bonds is 6. The molecule has 1 N–H and O–H groups in total. The lowest BCUT2D eigenvalue weighted by Crippen LogP contribution is -2.32. The number of carbonyl (C=O) groups is 1. The first-order chi connectivity index (χ1) is 15.0. The van der Waals surface area contributed by atoms with Crippen molar-refractivity contribution in [2.75, 3.05) is 19.0 Å². The number of carbonyl (C=O) groups excluding carboxylic acids is 1. The topological polar surface area (TPSA) is 56.8 Å². The largest absolute Gasteiger partial charge is 0.497 e. The Balaban J connectivity index is 1.56. The summed E-state index contributed by atoms with van der Waals surface area (Å²) in [5.41, 5.74) is 2.55. The quantitative estimate of drug-likeness (QED) is 0.593. The highest BCUT2D eigenvalue weighted by Crippen LogP contribution is 2.35. The number of halogens is 2. The third-order valence-corrected chi connectivity index (χ3v) is 5.11. The molecule has 1 aliphatic heterocycles. The fraction of sp³-hybridized carbons (Fsp3) is 0.208. The summed E-state index contributed by atoms with van der Waals surface area (Å²) in [6.07, 6.45) is 0.569. The van der Waals surface area contributed by atoms with Gasteiger partial charge in [-0.15, -0.1) is 0 Å². The number of nitrogens with one attached hydrogen (secondary N) is 1. The standard InChI is InChI=1S/C24H21F2NO4/c1-29-19-9-6-15(7-10-19)20-13-18(8-11-22(20)31-24(25)26)27-23(28)17-12-16-4-2-3-5-21(16)30-14-17/h2-11,13,17,24H,12,14H2,1H3,(H,27,28). The summed E-state index contributed by atoms with van der Waals surface area (Å²) in [5.74, 6) is 0.908. The summed E-state index contributed by atoms with van der Waals surface area (Å²) < 4.78 is 41.3. The van der Waals surface area contributed by atoms with Gasteiger partial charge in [0.25, 0.3) is 0 Å². The van der Waals surface area contributed by atoms with Crippen LogP contribution < -0.4 is 19.5 Å². The van der Waals surface area contributed by atoms with Crippen LogP contribution in [0, 0.1) is 5.92 Å². The van der Waals surface area contributed by atoms with Crippen LogP contribution in [0.4, 0.5) is 14.5 Å². The van der Waals surface area contributed by atoms with Crippen molar-refractivity contribution in [1.82, 2.24) is 0 Å². The molecule has 1 amide bonds. The highest BCUT2D eigenvalue weighted by atomic mass is 19.3. The predicted molar refractivity (Wildman–Crippen MR) is 113 cm³/mol. The number of benzene rings is 3. The van der Waals surface area contributed by atoms with Gasteiger partial charge >= 0.3 is 6.61 Å². The lowest BCUT2D eigenvalue weighted by molar-refractivity contribution is -0.121. The average Bonchev–Trinajstić information content (AvgIpc) is 2.79. The second-order valence-electron chi connectivity index (χ2n) is 7.13. The maximum atomic E-state index is 12.9. The van der Waals surface area contributed by atoms with Crippen LogP contribution in [0.1, 0.15) is 5.56 Å². The Labute approximate surface area is 178 Å². The van der Waals surface area contributed by atoms with Gasteiger partial charge in [0.05, 0.1) is 13.0 Å². The second kappa shape index (κ2) is 9.04. The van der Waals surface area contributed by atoms with E-state index in [2.05, 4.69) is 10.1 Å². The van der Waals surface area contributed by atoms with E-state index in [4.69, 9.17) is 9.47 Å². The van der Waals surface area contributed by atoms with Crippen molar-refractivity contribution in [2.45, 2.75) is 13.0 Å². The van der Waals surface area contributed by atoms with Gasteiger partial charge in [0, 0.05) is 11.3 Å². The number of anilines is 1. The minimum Gasteiger partial charge on any atom is -0.497 e. The molecule has 0 radical (unpaired) electrons. The minimum atomic E-state index is -2.96. The number of hydrogen-bond acceptors (Lipinski definition) is 4. The van der Waals surface area contributed by atoms with E-state index in [9.17, 15) is 13.6 Å². The summed E-state index contributed by atoms with van der Waals surface area (Å²) in [7, 11) is 1.55. The third kappa shape index (κ3) is 4.77. The zero-order chi connectivity index (χ0) is 21.8. The van der Waals surface area contributed by atoms with Gasteiger partial charge in [-0.1, -0.05) is 30.3 Å².